The van der Waals surface area contributed by atoms with Crippen molar-refractivity contribution in [1.82, 2.24) is 4.90 Å². The molecule has 1 aromatic carbocycles. The molecule has 0 saturated carbocycles. The average molecular weight is 225 g/mol. The quantitative estimate of drug-likeness (QED) is 0.787. The molecule has 3 heteroatoms. The summed E-state index contributed by atoms with van der Waals surface area (Å²) in [5.41, 5.74) is 8.45. The Morgan fingerprint density at radius 1 is 1.53 bits per heavy atom. The van der Waals surface area contributed by atoms with Crippen molar-refractivity contribution in [2.75, 3.05) is 20.1 Å². The Morgan fingerprint density at radius 2 is 2.33 bits per heavy atom. The van der Waals surface area contributed by atoms with Gasteiger partial charge in [0.15, 0.2) is 0 Å². The highest BCUT2D eigenvalue weighted by molar-refractivity contribution is 6.31. The van der Waals surface area contributed by atoms with Gasteiger partial charge in [0.2, 0.25) is 0 Å². The summed E-state index contributed by atoms with van der Waals surface area (Å²) in [6, 6.07) is 6.62. The molecule has 1 aromatic rings. The van der Waals surface area contributed by atoms with Crippen molar-refractivity contribution >= 4 is 11.6 Å². The number of likely N-dealkylation sites (N-methyl/N-ethyl adjacent to an activating group) is 1. The molecule has 0 aromatic heterocycles. The van der Waals surface area contributed by atoms with Crippen molar-refractivity contribution in [3.05, 3.63) is 34.3 Å². The van der Waals surface area contributed by atoms with Gasteiger partial charge in [-0.15, -0.1) is 0 Å². The zero-order valence-electron chi connectivity index (χ0n) is 9.04. The molecule has 1 unspecified atom stereocenters. The van der Waals surface area contributed by atoms with E-state index in [1.54, 1.807) is 0 Å². The van der Waals surface area contributed by atoms with Crippen LogP contribution >= 0.6 is 11.6 Å². The molecule has 1 aliphatic heterocycles. The first-order chi connectivity index (χ1) is 7.22. The van der Waals surface area contributed by atoms with Crippen LogP contribution in [-0.4, -0.2) is 31.1 Å². The average Bonchev–Trinajstić information content (AvgIpc) is 2.39. The van der Waals surface area contributed by atoms with E-state index in [1.807, 2.05) is 12.1 Å². The third-order valence-corrected chi connectivity index (χ3v) is 3.64. The third-order valence-electron chi connectivity index (χ3n) is 3.28. The largest absolute Gasteiger partial charge is 0.329 e. The number of hydrogen-bond donors (Lipinski definition) is 1. The van der Waals surface area contributed by atoms with Gasteiger partial charge in [-0.2, -0.15) is 0 Å². The van der Waals surface area contributed by atoms with Crippen LogP contribution < -0.4 is 5.73 Å². The summed E-state index contributed by atoms with van der Waals surface area (Å²) in [6.07, 6.45) is 2.05. The van der Waals surface area contributed by atoms with Crippen molar-refractivity contribution < 1.29 is 0 Å². The first-order valence-electron chi connectivity index (χ1n) is 5.39. The summed E-state index contributed by atoms with van der Waals surface area (Å²) >= 11 is 6.20. The molecule has 0 spiro atoms. The van der Waals surface area contributed by atoms with E-state index in [-0.39, 0.29) is 0 Å². The van der Waals surface area contributed by atoms with Crippen molar-refractivity contribution in [2.24, 2.45) is 5.73 Å². The summed E-state index contributed by atoms with van der Waals surface area (Å²) in [5.74, 6) is 0. The van der Waals surface area contributed by atoms with Crippen LogP contribution in [-0.2, 0) is 12.8 Å². The van der Waals surface area contributed by atoms with Gasteiger partial charge in [0.1, 0.15) is 0 Å². The Labute approximate surface area is 96.0 Å². The predicted molar refractivity (Wildman–Crippen MR) is 64.3 cm³/mol. The maximum Gasteiger partial charge on any atom is 0.0441 e. The van der Waals surface area contributed by atoms with E-state index >= 15 is 0 Å². The SMILES string of the molecule is CN1CCc2c(Cl)cccc2CC1CN. The first-order valence-corrected chi connectivity index (χ1v) is 5.76. The molecule has 1 heterocycles. The van der Waals surface area contributed by atoms with Crippen LogP contribution in [0.5, 0.6) is 0 Å². The number of hydrogen-bond acceptors (Lipinski definition) is 2. The van der Waals surface area contributed by atoms with E-state index in [0.717, 1.165) is 24.4 Å². The van der Waals surface area contributed by atoms with Crippen molar-refractivity contribution in [3.8, 4) is 0 Å². The second-order valence-corrected chi connectivity index (χ2v) is 4.61. The summed E-state index contributed by atoms with van der Waals surface area (Å²) in [7, 11) is 2.14. The zero-order chi connectivity index (χ0) is 10.8. The van der Waals surface area contributed by atoms with E-state index in [4.69, 9.17) is 17.3 Å². The highest BCUT2D eigenvalue weighted by Gasteiger charge is 2.20. The number of rotatable bonds is 1. The molecule has 0 amide bonds. The number of benzene rings is 1. The lowest BCUT2D eigenvalue weighted by Gasteiger charge is -2.23. The molecule has 2 rings (SSSR count). The van der Waals surface area contributed by atoms with Gasteiger partial charge in [0, 0.05) is 24.2 Å². The molecule has 2 nitrogen and oxygen atoms in total. The van der Waals surface area contributed by atoms with Gasteiger partial charge in [-0.3, -0.25) is 0 Å². The van der Waals surface area contributed by atoms with Gasteiger partial charge in [0.05, 0.1) is 0 Å². The van der Waals surface area contributed by atoms with E-state index in [0.29, 0.717) is 12.6 Å². The Kier molecular flexibility index (Phi) is 3.29. The highest BCUT2D eigenvalue weighted by atomic mass is 35.5. The summed E-state index contributed by atoms with van der Waals surface area (Å²) in [5, 5.41) is 0.901. The Bertz CT molecular complexity index is 351. The minimum absolute atomic E-state index is 0.449. The van der Waals surface area contributed by atoms with E-state index in [1.165, 1.54) is 11.1 Å². The van der Waals surface area contributed by atoms with Crippen LogP contribution in [0.15, 0.2) is 18.2 Å². The van der Waals surface area contributed by atoms with Crippen molar-refractivity contribution in [1.29, 1.82) is 0 Å². The van der Waals surface area contributed by atoms with E-state index in [9.17, 15) is 0 Å². The fourth-order valence-electron chi connectivity index (χ4n) is 2.22. The van der Waals surface area contributed by atoms with Gasteiger partial charge in [-0.25, -0.2) is 0 Å². The second-order valence-electron chi connectivity index (χ2n) is 4.20. The number of fused-ring (bicyclic) bond motifs is 1. The van der Waals surface area contributed by atoms with Gasteiger partial charge in [0.25, 0.3) is 0 Å². The predicted octanol–water partition coefficient (Wildman–Crippen LogP) is 1.70. The third kappa shape index (κ3) is 2.17. The second kappa shape index (κ2) is 4.52. The van der Waals surface area contributed by atoms with Crippen molar-refractivity contribution in [3.63, 3.8) is 0 Å². The van der Waals surface area contributed by atoms with Crippen LogP contribution in [0.25, 0.3) is 0 Å². The summed E-state index contributed by atoms with van der Waals surface area (Å²) in [6.45, 7) is 1.75. The molecule has 2 N–H and O–H groups in total. The number of nitrogens with two attached hydrogens (primary N) is 1. The van der Waals surface area contributed by atoms with Crippen LogP contribution in [0, 0.1) is 0 Å². The van der Waals surface area contributed by atoms with Crippen LogP contribution in [0.4, 0.5) is 0 Å². The van der Waals surface area contributed by atoms with Crippen LogP contribution in [0.1, 0.15) is 11.1 Å². The minimum Gasteiger partial charge on any atom is -0.329 e. The van der Waals surface area contributed by atoms with Crippen molar-refractivity contribution in [2.45, 2.75) is 18.9 Å². The lowest BCUT2D eigenvalue weighted by Crippen LogP contribution is -2.39. The fourth-order valence-corrected chi connectivity index (χ4v) is 2.51. The molecular weight excluding hydrogens is 208 g/mol. The standard InChI is InChI=1S/C12H17ClN2/c1-15-6-5-11-9(7-10(15)8-14)3-2-4-12(11)13/h2-4,10H,5-8,14H2,1H3. The summed E-state index contributed by atoms with van der Waals surface area (Å²) in [4.78, 5) is 2.33. The molecule has 0 fully saturated rings. The number of nitrogens with zero attached hydrogens (tertiary/aromatic N) is 1. The van der Waals surface area contributed by atoms with Gasteiger partial charge < -0.3 is 10.6 Å². The molecule has 0 aliphatic carbocycles. The van der Waals surface area contributed by atoms with Gasteiger partial charge in [-0.1, -0.05) is 23.7 Å². The molecule has 15 heavy (non-hydrogen) atoms. The molecule has 0 radical (unpaired) electrons. The normalized spacial score (nSPS) is 22.2. The molecular formula is C12H17ClN2. The Balaban J connectivity index is 2.34. The zero-order valence-corrected chi connectivity index (χ0v) is 9.80. The fraction of sp³-hybridized carbons (Fsp3) is 0.500. The smallest absolute Gasteiger partial charge is 0.0441 e. The number of halogens is 1. The van der Waals surface area contributed by atoms with E-state index < -0.39 is 0 Å². The Morgan fingerprint density at radius 3 is 3.07 bits per heavy atom. The van der Waals surface area contributed by atoms with Crippen LogP contribution in [0.3, 0.4) is 0 Å². The van der Waals surface area contributed by atoms with Gasteiger partial charge in [-0.05, 0) is 37.1 Å². The monoisotopic (exact) mass is 224 g/mol. The van der Waals surface area contributed by atoms with Crippen LogP contribution in [0.2, 0.25) is 5.02 Å². The minimum atomic E-state index is 0.449. The summed E-state index contributed by atoms with van der Waals surface area (Å²) < 4.78 is 0. The lowest BCUT2D eigenvalue weighted by atomic mass is 10.0. The Hall–Kier alpha value is -0.570. The molecule has 1 aliphatic rings. The first kappa shape index (κ1) is 10.9. The molecule has 0 saturated heterocycles. The lowest BCUT2D eigenvalue weighted by molar-refractivity contribution is 0.256. The maximum atomic E-state index is 6.20. The molecule has 1 atom stereocenters. The van der Waals surface area contributed by atoms with E-state index in [2.05, 4.69) is 18.0 Å². The molecule has 82 valence electrons. The molecule has 0 bridgehead atoms. The maximum absolute atomic E-state index is 6.20. The highest BCUT2D eigenvalue weighted by Crippen LogP contribution is 2.25. The van der Waals surface area contributed by atoms with Gasteiger partial charge >= 0.3 is 0 Å². The topological polar surface area (TPSA) is 29.3 Å².